The maximum Gasteiger partial charge on any atom is 0.0705 e. The number of nitrogens with one attached hydrogen (secondary N) is 1. The molecule has 0 unspecified atom stereocenters. The lowest BCUT2D eigenvalue weighted by Gasteiger charge is -2.08. The molecule has 0 fully saturated rings. The van der Waals surface area contributed by atoms with Crippen molar-refractivity contribution in [2.24, 2.45) is 5.84 Å². The van der Waals surface area contributed by atoms with Crippen molar-refractivity contribution in [1.82, 2.24) is 0 Å². The molecule has 1 aromatic carbocycles. The van der Waals surface area contributed by atoms with Crippen LogP contribution < -0.4 is 11.3 Å². The van der Waals surface area contributed by atoms with Gasteiger partial charge in [-0.15, -0.1) is 0 Å². The summed E-state index contributed by atoms with van der Waals surface area (Å²) in [5.74, 6) is 5.23. The van der Waals surface area contributed by atoms with Gasteiger partial charge >= 0.3 is 0 Å². The monoisotopic (exact) mass is 152 g/mol. The topological polar surface area (TPSA) is 58.3 Å². The molecular formula is C8H12N2O. The van der Waals surface area contributed by atoms with Crippen LogP contribution in [-0.2, 0) is 6.61 Å². The van der Waals surface area contributed by atoms with Crippen LogP contribution in [0.3, 0.4) is 0 Å². The number of anilines is 1. The summed E-state index contributed by atoms with van der Waals surface area (Å²) in [7, 11) is 0. The summed E-state index contributed by atoms with van der Waals surface area (Å²) in [6.07, 6.45) is 0. The minimum Gasteiger partial charge on any atom is -0.392 e. The molecule has 0 amide bonds. The third kappa shape index (κ3) is 1.50. The maximum atomic E-state index is 8.93. The molecule has 1 rings (SSSR count). The third-order valence-electron chi connectivity index (χ3n) is 1.72. The predicted octanol–water partition coefficient (Wildman–Crippen LogP) is 0.773. The largest absolute Gasteiger partial charge is 0.392 e. The zero-order chi connectivity index (χ0) is 8.27. The van der Waals surface area contributed by atoms with Crippen LogP contribution >= 0.6 is 0 Å². The first kappa shape index (κ1) is 8.04. The summed E-state index contributed by atoms with van der Waals surface area (Å²) in [6.45, 7) is 1.96. The van der Waals surface area contributed by atoms with E-state index in [-0.39, 0.29) is 6.61 Å². The Hall–Kier alpha value is -1.06. The molecule has 0 bridgehead atoms. The minimum absolute atomic E-state index is 0.0200. The number of nitrogen functional groups attached to an aromatic ring is 1. The lowest BCUT2D eigenvalue weighted by molar-refractivity contribution is 0.281. The van der Waals surface area contributed by atoms with E-state index >= 15 is 0 Å². The molecule has 3 heteroatoms. The Kier molecular flexibility index (Phi) is 2.46. The summed E-state index contributed by atoms with van der Waals surface area (Å²) >= 11 is 0. The molecule has 0 heterocycles. The van der Waals surface area contributed by atoms with E-state index < -0.39 is 0 Å². The third-order valence-corrected chi connectivity index (χ3v) is 1.72. The molecule has 0 spiro atoms. The molecule has 0 aliphatic carbocycles. The Labute approximate surface area is 65.8 Å². The van der Waals surface area contributed by atoms with E-state index in [9.17, 15) is 0 Å². The van der Waals surface area contributed by atoms with Crippen molar-refractivity contribution >= 4 is 5.69 Å². The first-order valence-electron chi connectivity index (χ1n) is 3.45. The van der Waals surface area contributed by atoms with Gasteiger partial charge in [-0.2, -0.15) is 0 Å². The van der Waals surface area contributed by atoms with Crippen molar-refractivity contribution in [2.45, 2.75) is 13.5 Å². The molecule has 0 saturated heterocycles. The van der Waals surface area contributed by atoms with Crippen LogP contribution in [0.25, 0.3) is 0 Å². The molecular weight excluding hydrogens is 140 g/mol. The SMILES string of the molecule is Cc1cccc(NN)c1CO. The van der Waals surface area contributed by atoms with Gasteiger partial charge in [0, 0.05) is 5.56 Å². The lowest BCUT2D eigenvalue weighted by atomic mass is 10.1. The number of hydrogen-bond donors (Lipinski definition) is 3. The van der Waals surface area contributed by atoms with E-state index in [0.29, 0.717) is 0 Å². The van der Waals surface area contributed by atoms with E-state index in [1.165, 1.54) is 0 Å². The molecule has 0 atom stereocenters. The van der Waals surface area contributed by atoms with Crippen molar-refractivity contribution in [3.8, 4) is 0 Å². The zero-order valence-corrected chi connectivity index (χ0v) is 6.46. The maximum absolute atomic E-state index is 8.93. The number of benzene rings is 1. The highest BCUT2D eigenvalue weighted by atomic mass is 16.3. The summed E-state index contributed by atoms with van der Waals surface area (Å²) in [5, 5.41) is 8.93. The summed E-state index contributed by atoms with van der Waals surface area (Å²) in [5.41, 5.74) is 5.21. The molecule has 0 radical (unpaired) electrons. The lowest BCUT2D eigenvalue weighted by Crippen LogP contribution is -2.09. The number of hydrogen-bond acceptors (Lipinski definition) is 3. The molecule has 0 aromatic heterocycles. The van der Waals surface area contributed by atoms with Gasteiger partial charge < -0.3 is 10.5 Å². The highest BCUT2D eigenvalue weighted by Crippen LogP contribution is 2.17. The van der Waals surface area contributed by atoms with Gasteiger partial charge in [-0.05, 0) is 18.6 Å². The molecule has 4 N–H and O–H groups in total. The highest BCUT2D eigenvalue weighted by Gasteiger charge is 2.00. The molecule has 11 heavy (non-hydrogen) atoms. The quantitative estimate of drug-likeness (QED) is 0.433. The molecule has 0 aliphatic rings. The van der Waals surface area contributed by atoms with Gasteiger partial charge in [-0.3, -0.25) is 5.84 Å². The van der Waals surface area contributed by atoms with Crippen molar-refractivity contribution in [3.05, 3.63) is 29.3 Å². The molecule has 3 nitrogen and oxygen atoms in total. The van der Waals surface area contributed by atoms with Crippen LogP contribution in [0, 0.1) is 6.92 Å². The average molecular weight is 152 g/mol. The Morgan fingerprint density at radius 3 is 2.73 bits per heavy atom. The summed E-state index contributed by atoms with van der Waals surface area (Å²) in [4.78, 5) is 0. The average Bonchev–Trinajstić information content (AvgIpc) is 2.04. The molecule has 1 aromatic rings. The number of aliphatic hydroxyl groups excluding tert-OH is 1. The Balaban J connectivity index is 3.13. The van der Waals surface area contributed by atoms with Crippen molar-refractivity contribution in [1.29, 1.82) is 0 Å². The van der Waals surface area contributed by atoms with Crippen LogP contribution in [0.4, 0.5) is 5.69 Å². The first-order chi connectivity index (χ1) is 5.29. The van der Waals surface area contributed by atoms with Crippen molar-refractivity contribution < 1.29 is 5.11 Å². The second-order valence-electron chi connectivity index (χ2n) is 2.40. The number of nitrogens with two attached hydrogens (primary N) is 1. The van der Waals surface area contributed by atoms with Gasteiger partial charge in [-0.25, -0.2) is 0 Å². The first-order valence-corrected chi connectivity index (χ1v) is 3.45. The standard InChI is InChI=1S/C8H12N2O/c1-6-3-2-4-8(10-9)7(6)5-11/h2-4,10-11H,5,9H2,1H3. The van der Waals surface area contributed by atoms with Gasteiger partial charge in [-0.1, -0.05) is 12.1 Å². The van der Waals surface area contributed by atoms with E-state index in [4.69, 9.17) is 10.9 Å². The van der Waals surface area contributed by atoms with E-state index in [1.807, 2.05) is 25.1 Å². The number of aryl methyl sites for hydroxylation is 1. The molecule has 0 saturated carbocycles. The number of rotatable bonds is 2. The fourth-order valence-electron chi connectivity index (χ4n) is 1.05. The van der Waals surface area contributed by atoms with Crippen molar-refractivity contribution in [3.63, 3.8) is 0 Å². The normalized spacial score (nSPS) is 9.73. The van der Waals surface area contributed by atoms with Gasteiger partial charge in [0.25, 0.3) is 0 Å². The fourth-order valence-corrected chi connectivity index (χ4v) is 1.05. The van der Waals surface area contributed by atoms with Crippen LogP contribution in [-0.4, -0.2) is 5.11 Å². The zero-order valence-electron chi connectivity index (χ0n) is 6.46. The van der Waals surface area contributed by atoms with Crippen LogP contribution in [0.1, 0.15) is 11.1 Å². The highest BCUT2D eigenvalue weighted by molar-refractivity contribution is 5.53. The second kappa shape index (κ2) is 3.37. The van der Waals surface area contributed by atoms with Gasteiger partial charge in [0.1, 0.15) is 0 Å². The second-order valence-corrected chi connectivity index (χ2v) is 2.40. The predicted molar refractivity (Wildman–Crippen MR) is 44.9 cm³/mol. The minimum atomic E-state index is 0.0200. The van der Waals surface area contributed by atoms with Crippen molar-refractivity contribution in [2.75, 3.05) is 5.43 Å². The summed E-state index contributed by atoms with van der Waals surface area (Å²) in [6, 6.07) is 5.66. The van der Waals surface area contributed by atoms with E-state index in [0.717, 1.165) is 16.8 Å². The van der Waals surface area contributed by atoms with E-state index in [1.54, 1.807) is 0 Å². The van der Waals surface area contributed by atoms with E-state index in [2.05, 4.69) is 5.43 Å². The Morgan fingerprint density at radius 2 is 2.27 bits per heavy atom. The van der Waals surface area contributed by atoms with Gasteiger partial charge in [0.05, 0.1) is 12.3 Å². The van der Waals surface area contributed by atoms with Crippen LogP contribution in [0.15, 0.2) is 18.2 Å². The number of hydrazine groups is 1. The Morgan fingerprint density at radius 1 is 1.55 bits per heavy atom. The van der Waals surface area contributed by atoms with Crippen LogP contribution in [0.5, 0.6) is 0 Å². The summed E-state index contributed by atoms with van der Waals surface area (Å²) < 4.78 is 0. The van der Waals surface area contributed by atoms with Crippen LogP contribution in [0.2, 0.25) is 0 Å². The van der Waals surface area contributed by atoms with Gasteiger partial charge in [0.15, 0.2) is 0 Å². The number of aliphatic hydroxyl groups is 1. The molecule has 0 aliphatic heterocycles. The molecule has 60 valence electrons. The fraction of sp³-hybridized carbons (Fsp3) is 0.250. The Bertz CT molecular complexity index is 248. The van der Waals surface area contributed by atoms with Gasteiger partial charge in [0.2, 0.25) is 0 Å². The smallest absolute Gasteiger partial charge is 0.0705 e.